The van der Waals surface area contributed by atoms with Crippen molar-refractivity contribution in [3.63, 3.8) is 0 Å². The largest absolute Gasteiger partial charge is 0.448 e. The molecule has 25 heavy (non-hydrogen) atoms. The highest BCUT2D eigenvalue weighted by Gasteiger charge is 2.31. The maximum absolute atomic E-state index is 12.6. The van der Waals surface area contributed by atoms with E-state index in [9.17, 15) is 27.6 Å². The Hall–Kier alpha value is -2.91. The molecule has 0 radical (unpaired) electrons. The zero-order valence-corrected chi connectivity index (χ0v) is 13.0. The Bertz CT molecular complexity index is 731. The van der Waals surface area contributed by atoms with Gasteiger partial charge >= 0.3 is 12.1 Å². The fourth-order valence-corrected chi connectivity index (χ4v) is 1.92. The smallest absolute Gasteiger partial charge is 0.416 e. The average Bonchev–Trinajstić information content (AvgIpc) is 2.54. The zero-order valence-electron chi connectivity index (χ0n) is 13.0. The first-order valence-corrected chi connectivity index (χ1v) is 7.21. The van der Waals surface area contributed by atoms with Crippen molar-refractivity contribution in [3.05, 3.63) is 29.8 Å². The number of alkyl halides is 3. The van der Waals surface area contributed by atoms with Crippen molar-refractivity contribution in [2.75, 3.05) is 5.32 Å². The minimum atomic E-state index is -4.54. The number of hydrazone groups is 1. The number of amides is 2. The third kappa shape index (κ3) is 5.03. The van der Waals surface area contributed by atoms with Gasteiger partial charge in [-0.3, -0.25) is 9.59 Å². The molecule has 0 fully saturated rings. The van der Waals surface area contributed by atoms with Gasteiger partial charge in [-0.25, -0.2) is 10.2 Å². The number of hydrogen-bond donors (Lipinski definition) is 2. The molecule has 0 aliphatic carbocycles. The van der Waals surface area contributed by atoms with Crippen LogP contribution < -0.4 is 10.7 Å². The summed E-state index contributed by atoms with van der Waals surface area (Å²) in [6.07, 6.45) is -5.66. The molecule has 1 aliphatic rings. The first kappa shape index (κ1) is 18.4. The Kier molecular flexibility index (Phi) is 5.40. The quantitative estimate of drug-likeness (QED) is 0.804. The molecule has 1 atom stereocenters. The first-order chi connectivity index (χ1) is 11.7. The SMILES string of the molecule is C[C@H](OC(=O)C1=NNC(=O)CC1)C(=O)Nc1cccc(C(F)(F)F)c1. The van der Waals surface area contributed by atoms with Gasteiger partial charge in [-0.2, -0.15) is 18.3 Å². The van der Waals surface area contributed by atoms with Gasteiger partial charge in [0.25, 0.3) is 5.91 Å². The van der Waals surface area contributed by atoms with Crippen LogP contribution in [-0.4, -0.2) is 29.6 Å². The van der Waals surface area contributed by atoms with Crippen LogP contribution in [0.3, 0.4) is 0 Å². The number of nitrogens with zero attached hydrogens (tertiary/aromatic N) is 1. The maximum Gasteiger partial charge on any atom is 0.416 e. The van der Waals surface area contributed by atoms with Gasteiger partial charge in [0.05, 0.1) is 5.56 Å². The molecule has 134 valence electrons. The summed E-state index contributed by atoms with van der Waals surface area (Å²) < 4.78 is 42.8. The molecule has 1 aliphatic heterocycles. The number of nitrogens with one attached hydrogen (secondary N) is 2. The van der Waals surface area contributed by atoms with Crippen LogP contribution in [0.25, 0.3) is 0 Å². The number of halogens is 3. The summed E-state index contributed by atoms with van der Waals surface area (Å²) >= 11 is 0. The van der Waals surface area contributed by atoms with E-state index in [4.69, 9.17) is 4.74 Å². The predicted octanol–water partition coefficient (Wildman–Crippen LogP) is 1.84. The minimum absolute atomic E-state index is 0.0432. The molecule has 2 N–H and O–H groups in total. The molecule has 1 heterocycles. The second kappa shape index (κ2) is 7.32. The van der Waals surface area contributed by atoms with E-state index >= 15 is 0 Å². The number of carbonyl (C=O) groups excluding carboxylic acids is 3. The van der Waals surface area contributed by atoms with Gasteiger partial charge in [0.2, 0.25) is 5.91 Å². The minimum Gasteiger partial charge on any atom is -0.448 e. The van der Waals surface area contributed by atoms with Crippen LogP contribution in [0.2, 0.25) is 0 Å². The van der Waals surface area contributed by atoms with Crippen LogP contribution in [0.1, 0.15) is 25.3 Å². The number of rotatable bonds is 4. The molecule has 0 saturated heterocycles. The lowest BCUT2D eigenvalue weighted by molar-refractivity contribution is -0.146. The lowest BCUT2D eigenvalue weighted by Gasteiger charge is -2.16. The Morgan fingerprint density at radius 3 is 2.64 bits per heavy atom. The van der Waals surface area contributed by atoms with Crippen molar-refractivity contribution >= 4 is 29.2 Å². The Morgan fingerprint density at radius 1 is 1.32 bits per heavy atom. The fraction of sp³-hybridized carbons (Fsp3) is 0.333. The molecular weight excluding hydrogens is 343 g/mol. The van der Waals surface area contributed by atoms with E-state index in [1.54, 1.807) is 0 Å². The van der Waals surface area contributed by atoms with E-state index in [0.29, 0.717) is 0 Å². The Morgan fingerprint density at radius 2 is 2.04 bits per heavy atom. The molecule has 1 aromatic carbocycles. The normalized spacial score (nSPS) is 15.7. The average molecular weight is 357 g/mol. The highest BCUT2D eigenvalue weighted by atomic mass is 19.4. The van der Waals surface area contributed by atoms with E-state index < -0.39 is 29.7 Å². The third-order valence-corrected chi connectivity index (χ3v) is 3.25. The second-order valence-corrected chi connectivity index (χ2v) is 5.21. The first-order valence-electron chi connectivity index (χ1n) is 7.21. The van der Waals surface area contributed by atoms with Crippen molar-refractivity contribution in [2.24, 2.45) is 5.10 Å². The summed E-state index contributed by atoms with van der Waals surface area (Å²) in [6.45, 7) is 1.27. The van der Waals surface area contributed by atoms with Crippen LogP contribution in [0, 0.1) is 0 Å². The van der Waals surface area contributed by atoms with E-state index in [0.717, 1.165) is 18.2 Å². The van der Waals surface area contributed by atoms with E-state index in [1.807, 2.05) is 0 Å². The van der Waals surface area contributed by atoms with Crippen molar-refractivity contribution < 1.29 is 32.3 Å². The summed E-state index contributed by atoms with van der Waals surface area (Å²) in [6, 6.07) is 4.07. The molecule has 0 aromatic heterocycles. The van der Waals surface area contributed by atoms with Crippen molar-refractivity contribution in [1.82, 2.24) is 5.43 Å². The topological polar surface area (TPSA) is 96.9 Å². The molecule has 10 heteroatoms. The van der Waals surface area contributed by atoms with Crippen molar-refractivity contribution in [2.45, 2.75) is 32.0 Å². The maximum atomic E-state index is 12.6. The predicted molar refractivity (Wildman–Crippen MR) is 80.4 cm³/mol. The summed E-state index contributed by atoms with van der Waals surface area (Å²) in [5, 5.41) is 5.78. The van der Waals surface area contributed by atoms with E-state index in [2.05, 4.69) is 15.8 Å². The van der Waals surface area contributed by atoms with Gasteiger partial charge in [-0.05, 0) is 25.1 Å². The Balaban J connectivity index is 1.96. The van der Waals surface area contributed by atoms with Gasteiger partial charge < -0.3 is 10.1 Å². The Labute approximate surface area is 140 Å². The second-order valence-electron chi connectivity index (χ2n) is 5.21. The van der Waals surface area contributed by atoms with Crippen LogP contribution in [0.4, 0.5) is 18.9 Å². The van der Waals surface area contributed by atoms with Gasteiger partial charge in [0.1, 0.15) is 5.71 Å². The number of anilines is 1. The molecule has 0 unspecified atom stereocenters. The number of hydrogen-bond acceptors (Lipinski definition) is 5. The molecule has 2 amide bonds. The van der Waals surface area contributed by atoms with E-state index in [1.165, 1.54) is 13.0 Å². The van der Waals surface area contributed by atoms with Crippen molar-refractivity contribution in [1.29, 1.82) is 0 Å². The van der Waals surface area contributed by atoms with Crippen LogP contribution in [0.15, 0.2) is 29.4 Å². The standard InChI is InChI=1S/C15H14F3N3O4/c1-8(25-14(24)11-5-6-12(22)21-20-11)13(23)19-10-4-2-3-9(7-10)15(16,17)18/h2-4,7-8H,5-6H2,1H3,(H,19,23)(H,21,22)/t8-/m0/s1. The molecule has 2 rings (SSSR count). The van der Waals surface area contributed by atoms with Crippen LogP contribution in [-0.2, 0) is 25.3 Å². The zero-order chi connectivity index (χ0) is 18.6. The summed E-state index contributed by atoms with van der Waals surface area (Å²) in [7, 11) is 0. The molecule has 1 aromatic rings. The van der Waals surface area contributed by atoms with Gasteiger partial charge in [-0.15, -0.1) is 0 Å². The van der Waals surface area contributed by atoms with Crippen LogP contribution in [0.5, 0.6) is 0 Å². The third-order valence-electron chi connectivity index (χ3n) is 3.25. The van der Waals surface area contributed by atoms with Gasteiger partial charge in [0.15, 0.2) is 6.10 Å². The van der Waals surface area contributed by atoms with Gasteiger partial charge in [-0.1, -0.05) is 6.07 Å². The number of carbonyl (C=O) groups is 3. The highest BCUT2D eigenvalue weighted by Crippen LogP contribution is 2.30. The number of benzene rings is 1. The molecule has 0 spiro atoms. The summed E-state index contributed by atoms with van der Waals surface area (Å²) in [4.78, 5) is 34.7. The van der Waals surface area contributed by atoms with E-state index in [-0.39, 0.29) is 30.1 Å². The number of ether oxygens (including phenoxy) is 1. The monoisotopic (exact) mass is 357 g/mol. The lowest BCUT2D eigenvalue weighted by atomic mass is 10.2. The van der Waals surface area contributed by atoms with Gasteiger partial charge in [0, 0.05) is 18.5 Å². The summed E-state index contributed by atoms with van der Waals surface area (Å²) in [5.74, 6) is -2.02. The molecule has 0 saturated carbocycles. The lowest BCUT2D eigenvalue weighted by Crippen LogP contribution is -2.35. The highest BCUT2D eigenvalue weighted by molar-refractivity contribution is 6.37. The molecular formula is C15H14F3N3O4. The molecule has 7 nitrogen and oxygen atoms in total. The fourth-order valence-electron chi connectivity index (χ4n) is 1.92. The van der Waals surface area contributed by atoms with Crippen molar-refractivity contribution in [3.8, 4) is 0 Å². The number of esters is 1. The van der Waals surface area contributed by atoms with Crippen LogP contribution >= 0.6 is 0 Å². The summed E-state index contributed by atoms with van der Waals surface area (Å²) in [5.41, 5.74) is 1.08. The molecule has 0 bridgehead atoms.